The van der Waals surface area contributed by atoms with Crippen LogP contribution < -0.4 is 5.32 Å². The lowest BCUT2D eigenvalue weighted by Crippen LogP contribution is -2.43. The van der Waals surface area contributed by atoms with Crippen LogP contribution in [-0.4, -0.2) is 38.4 Å². The molecule has 0 aromatic heterocycles. The highest BCUT2D eigenvalue weighted by molar-refractivity contribution is 5.72. The molecule has 1 heterocycles. The van der Waals surface area contributed by atoms with Crippen molar-refractivity contribution in [2.24, 2.45) is 5.92 Å². The fraction of sp³-hybridized carbons (Fsp3) is 0.909. The Morgan fingerprint density at radius 1 is 1.60 bits per heavy atom. The third kappa shape index (κ3) is 3.18. The molecule has 0 saturated carbocycles. The van der Waals surface area contributed by atoms with Gasteiger partial charge in [0, 0.05) is 13.2 Å². The Kier molecular flexibility index (Phi) is 5.05. The van der Waals surface area contributed by atoms with E-state index >= 15 is 0 Å². The lowest BCUT2D eigenvalue weighted by Gasteiger charge is -2.26. The lowest BCUT2D eigenvalue weighted by atomic mass is 9.96. The fourth-order valence-electron chi connectivity index (χ4n) is 2.12. The molecule has 0 bridgehead atoms. The molecule has 4 nitrogen and oxygen atoms in total. The third-order valence-electron chi connectivity index (χ3n) is 2.92. The highest BCUT2D eigenvalue weighted by atomic mass is 16.5. The number of hydrogen-bond acceptors (Lipinski definition) is 4. The number of carbonyl (C=O) groups excluding carboxylic acids is 1. The number of rotatable bonds is 5. The first kappa shape index (κ1) is 12.5. The lowest BCUT2D eigenvalue weighted by molar-refractivity contribution is -0.152. The first-order chi connectivity index (χ1) is 7.20. The molecule has 1 fully saturated rings. The second kappa shape index (κ2) is 6.08. The molecule has 0 unspecified atom stereocenters. The molecule has 3 atom stereocenters. The van der Waals surface area contributed by atoms with E-state index in [9.17, 15) is 4.79 Å². The van der Waals surface area contributed by atoms with Crippen LogP contribution in [0.3, 0.4) is 0 Å². The standard InChI is InChI=1S/C11H21NO3/c1-4-15-11(13)8(2)10(14-3)9-6-5-7-12-9/h8-10,12H,4-7H2,1-3H3/t8-,9+,10-/m1/s1. The number of carbonyl (C=O) groups is 1. The van der Waals surface area contributed by atoms with Gasteiger partial charge in [-0.15, -0.1) is 0 Å². The molecule has 4 heteroatoms. The Balaban J connectivity index is 2.52. The average molecular weight is 215 g/mol. The SMILES string of the molecule is CCOC(=O)[C@H](C)[C@@H](OC)[C@@H]1CCCN1. The van der Waals surface area contributed by atoms with Gasteiger partial charge in [0.05, 0.1) is 18.6 Å². The van der Waals surface area contributed by atoms with Crippen molar-refractivity contribution in [3.63, 3.8) is 0 Å². The molecule has 15 heavy (non-hydrogen) atoms. The molecule has 0 spiro atoms. The number of nitrogens with one attached hydrogen (secondary N) is 1. The van der Waals surface area contributed by atoms with Crippen LogP contribution in [0.4, 0.5) is 0 Å². The Labute approximate surface area is 91.3 Å². The van der Waals surface area contributed by atoms with Crippen molar-refractivity contribution in [1.82, 2.24) is 5.32 Å². The summed E-state index contributed by atoms with van der Waals surface area (Å²) >= 11 is 0. The molecule has 0 aliphatic carbocycles. The Morgan fingerprint density at radius 2 is 2.33 bits per heavy atom. The number of esters is 1. The zero-order chi connectivity index (χ0) is 11.3. The van der Waals surface area contributed by atoms with Gasteiger partial charge in [0.2, 0.25) is 0 Å². The van der Waals surface area contributed by atoms with Crippen LogP contribution in [-0.2, 0) is 14.3 Å². The summed E-state index contributed by atoms with van der Waals surface area (Å²) in [5.41, 5.74) is 0. The van der Waals surface area contributed by atoms with Crippen molar-refractivity contribution < 1.29 is 14.3 Å². The monoisotopic (exact) mass is 215 g/mol. The summed E-state index contributed by atoms with van der Waals surface area (Å²) in [6.07, 6.45) is 2.15. The fourth-order valence-corrected chi connectivity index (χ4v) is 2.12. The van der Waals surface area contributed by atoms with E-state index in [-0.39, 0.29) is 24.0 Å². The predicted molar refractivity (Wildman–Crippen MR) is 57.6 cm³/mol. The van der Waals surface area contributed by atoms with Crippen molar-refractivity contribution in [1.29, 1.82) is 0 Å². The number of ether oxygens (including phenoxy) is 2. The van der Waals surface area contributed by atoms with E-state index in [0.717, 1.165) is 19.4 Å². The summed E-state index contributed by atoms with van der Waals surface area (Å²) in [7, 11) is 1.65. The highest BCUT2D eigenvalue weighted by Gasteiger charge is 2.33. The Hall–Kier alpha value is -0.610. The Morgan fingerprint density at radius 3 is 2.80 bits per heavy atom. The summed E-state index contributed by atoms with van der Waals surface area (Å²) in [4.78, 5) is 11.6. The number of methoxy groups -OCH3 is 1. The molecular formula is C11H21NO3. The molecule has 1 aliphatic rings. The van der Waals surface area contributed by atoms with Crippen molar-refractivity contribution in [3.05, 3.63) is 0 Å². The second-order valence-corrected chi connectivity index (χ2v) is 3.94. The minimum absolute atomic E-state index is 0.0773. The molecule has 0 amide bonds. The van der Waals surface area contributed by atoms with Crippen LogP contribution in [0.15, 0.2) is 0 Å². The molecule has 0 aromatic carbocycles. The molecule has 1 rings (SSSR count). The molecule has 1 saturated heterocycles. The van der Waals surface area contributed by atoms with E-state index in [2.05, 4.69) is 5.32 Å². The van der Waals surface area contributed by atoms with E-state index < -0.39 is 0 Å². The summed E-state index contributed by atoms with van der Waals surface area (Å²) < 4.78 is 10.4. The summed E-state index contributed by atoms with van der Waals surface area (Å²) in [6, 6.07) is 0.286. The predicted octanol–water partition coefficient (Wildman–Crippen LogP) is 0.953. The Bertz CT molecular complexity index is 202. The maximum Gasteiger partial charge on any atom is 0.311 e. The van der Waals surface area contributed by atoms with Crippen molar-refractivity contribution in [2.75, 3.05) is 20.3 Å². The van der Waals surface area contributed by atoms with Gasteiger partial charge in [-0.3, -0.25) is 4.79 Å². The van der Waals surface area contributed by atoms with Gasteiger partial charge in [-0.1, -0.05) is 0 Å². The van der Waals surface area contributed by atoms with Gasteiger partial charge in [-0.2, -0.15) is 0 Å². The molecule has 0 radical (unpaired) electrons. The van der Waals surface area contributed by atoms with Gasteiger partial charge in [-0.05, 0) is 33.2 Å². The van der Waals surface area contributed by atoms with E-state index in [1.165, 1.54) is 0 Å². The van der Waals surface area contributed by atoms with Gasteiger partial charge in [0.25, 0.3) is 0 Å². The normalized spacial score (nSPS) is 24.9. The van der Waals surface area contributed by atoms with Crippen LogP contribution in [0.5, 0.6) is 0 Å². The minimum atomic E-state index is -0.203. The summed E-state index contributed by atoms with van der Waals surface area (Å²) in [5.74, 6) is -0.372. The average Bonchev–Trinajstić information content (AvgIpc) is 2.72. The topological polar surface area (TPSA) is 47.6 Å². The van der Waals surface area contributed by atoms with E-state index in [1.807, 2.05) is 13.8 Å². The van der Waals surface area contributed by atoms with Crippen molar-refractivity contribution in [2.45, 2.75) is 38.8 Å². The summed E-state index contributed by atoms with van der Waals surface area (Å²) in [6.45, 7) is 5.13. The zero-order valence-corrected chi connectivity index (χ0v) is 9.79. The van der Waals surface area contributed by atoms with Gasteiger partial charge >= 0.3 is 5.97 Å². The quantitative estimate of drug-likeness (QED) is 0.694. The van der Waals surface area contributed by atoms with Crippen LogP contribution in [0.2, 0.25) is 0 Å². The minimum Gasteiger partial charge on any atom is -0.466 e. The first-order valence-corrected chi connectivity index (χ1v) is 5.63. The first-order valence-electron chi connectivity index (χ1n) is 5.63. The molecule has 1 aliphatic heterocycles. The maximum absolute atomic E-state index is 11.6. The van der Waals surface area contributed by atoms with Crippen LogP contribution in [0, 0.1) is 5.92 Å². The van der Waals surface area contributed by atoms with Crippen molar-refractivity contribution >= 4 is 5.97 Å². The molecular weight excluding hydrogens is 194 g/mol. The zero-order valence-electron chi connectivity index (χ0n) is 9.79. The van der Waals surface area contributed by atoms with E-state index in [1.54, 1.807) is 7.11 Å². The molecule has 0 aromatic rings. The number of hydrogen-bond donors (Lipinski definition) is 1. The second-order valence-electron chi connectivity index (χ2n) is 3.94. The molecule has 1 N–H and O–H groups in total. The van der Waals surface area contributed by atoms with Crippen LogP contribution in [0.1, 0.15) is 26.7 Å². The largest absolute Gasteiger partial charge is 0.466 e. The molecule has 88 valence electrons. The summed E-state index contributed by atoms with van der Waals surface area (Å²) in [5, 5.41) is 3.35. The van der Waals surface area contributed by atoms with Gasteiger partial charge < -0.3 is 14.8 Å². The van der Waals surface area contributed by atoms with E-state index in [4.69, 9.17) is 9.47 Å². The van der Waals surface area contributed by atoms with E-state index in [0.29, 0.717) is 6.61 Å². The van der Waals surface area contributed by atoms with Gasteiger partial charge in [0.1, 0.15) is 0 Å². The maximum atomic E-state index is 11.6. The van der Waals surface area contributed by atoms with Crippen LogP contribution >= 0.6 is 0 Å². The van der Waals surface area contributed by atoms with Gasteiger partial charge in [0.15, 0.2) is 0 Å². The van der Waals surface area contributed by atoms with Crippen LogP contribution in [0.25, 0.3) is 0 Å². The highest BCUT2D eigenvalue weighted by Crippen LogP contribution is 2.19. The smallest absolute Gasteiger partial charge is 0.311 e. The third-order valence-corrected chi connectivity index (χ3v) is 2.92. The van der Waals surface area contributed by atoms with Gasteiger partial charge in [-0.25, -0.2) is 0 Å². The van der Waals surface area contributed by atoms with Crippen molar-refractivity contribution in [3.8, 4) is 0 Å².